The molecule has 4 unspecified atom stereocenters. The number of nitrogens with one attached hydrogen (secondary N) is 3. The summed E-state index contributed by atoms with van der Waals surface area (Å²) in [6.45, 7) is 3.05. The third-order valence-corrected chi connectivity index (χ3v) is 5.76. The Labute approximate surface area is 209 Å². The van der Waals surface area contributed by atoms with Crippen LogP contribution in [0.15, 0.2) is 24.3 Å². The van der Waals surface area contributed by atoms with Crippen LogP contribution in [-0.2, 0) is 25.6 Å². The summed E-state index contributed by atoms with van der Waals surface area (Å²) in [4.78, 5) is 49.7. The molecule has 196 valence electrons. The van der Waals surface area contributed by atoms with Crippen molar-refractivity contribution in [1.29, 1.82) is 0 Å². The number of aliphatic carboxylic acids is 1. The van der Waals surface area contributed by atoms with E-state index in [1.807, 2.05) is 20.1 Å². The lowest BCUT2D eigenvalue weighted by Gasteiger charge is -2.25. The van der Waals surface area contributed by atoms with E-state index in [1.54, 1.807) is 12.1 Å². The maximum Gasteiger partial charge on any atom is 0.326 e. The van der Waals surface area contributed by atoms with E-state index in [1.165, 1.54) is 23.9 Å². The van der Waals surface area contributed by atoms with Crippen LogP contribution in [0.5, 0.6) is 5.75 Å². The van der Waals surface area contributed by atoms with Gasteiger partial charge in [0.05, 0.1) is 12.6 Å². The van der Waals surface area contributed by atoms with Gasteiger partial charge in [-0.1, -0.05) is 26.0 Å². The molecule has 0 heterocycles. The third kappa shape index (κ3) is 11.0. The molecular formula is C23H36N4O7S. The highest BCUT2D eigenvalue weighted by Crippen LogP contribution is 2.12. The first-order valence-corrected chi connectivity index (χ1v) is 12.6. The summed E-state index contributed by atoms with van der Waals surface area (Å²) >= 11 is 1.43. The highest BCUT2D eigenvalue weighted by molar-refractivity contribution is 7.98. The van der Waals surface area contributed by atoms with E-state index in [-0.39, 0.29) is 24.5 Å². The van der Waals surface area contributed by atoms with Crippen LogP contribution < -0.4 is 21.7 Å². The van der Waals surface area contributed by atoms with Crippen molar-refractivity contribution in [3.8, 4) is 5.75 Å². The highest BCUT2D eigenvalue weighted by Gasteiger charge is 2.30. The predicted molar refractivity (Wildman–Crippen MR) is 133 cm³/mol. The minimum atomic E-state index is -1.36. The van der Waals surface area contributed by atoms with Gasteiger partial charge in [-0.2, -0.15) is 11.8 Å². The van der Waals surface area contributed by atoms with Gasteiger partial charge in [-0.15, -0.1) is 0 Å². The van der Waals surface area contributed by atoms with Gasteiger partial charge in [0, 0.05) is 6.42 Å². The normalized spacial score (nSPS) is 14.5. The van der Waals surface area contributed by atoms with Gasteiger partial charge in [0.1, 0.15) is 23.9 Å². The van der Waals surface area contributed by atoms with Crippen molar-refractivity contribution >= 4 is 35.5 Å². The molecule has 11 nitrogen and oxygen atoms in total. The van der Waals surface area contributed by atoms with Crippen LogP contribution in [-0.4, -0.2) is 81.8 Å². The van der Waals surface area contributed by atoms with Crippen molar-refractivity contribution < 1.29 is 34.5 Å². The van der Waals surface area contributed by atoms with E-state index in [9.17, 15) is 34.5 Å². The lowest BCUT2D eigenvalue weighted by atomic mass is 10.0. The molecule has 35 heavy (non-hydrogen) atoms. The van der Waals surface area contributed by atoms with Crippen LogP contribution in [0.25, 0.3) is 0 Å². The molecule has 0 saturated carbocycles. The maximum absolute atomic E-state index is 13.0. The van der Waals surface area contributed by atoms with Crippen molar-refractivity contribution in [2.45, 2.75) is 57.3 Å². The lowest BCUT2D eigenvalue weighted by molar-refractivity contribution is -0.142. The first-order chi connectivity index (χ1) is 16.5. The summed E-state index contributed by atoms with van der Waals surface area (Å²) in [5, 5.41) is 35.9. The number of carbonyl (C=O) groups is 4. The number of phenols is 1. The van der Waals surface area contributed by atoms with Crippen molar-refractivity contribution in [3.63, 3.8) is 0 Å². The molecule has 0 aromatic heterocycles. The number of rotatable bonds is 15. The number of amides is 3. The number of phenolic OH excluding ortho intramolecular Hbond substituents is 1. The number of carbonyl (C=O) groups excluding carboxylic acids is 3. The van der Waals surface area contributed by atoms with E-state index in [4.69, 9.17) is 5.73 Å². The Bertz CT molecular complexity index is 851. The average Bonchev–Trinajstić information content (AvgIpc) is 2.79. The average molecular weight is 513 g/mol. The molecule has 8 N–H and O–H groups in total. The van der Waals surface area contributed by atoms with Crippen LogP contribution >= 0.6 is 11.8 Å². The Balaban J connectivity index is 3.02. The van der Waals surface area contributed by atoms with E-state index >= 15 is 0 Å². The topological polar surface area (TPSA) is 191 Å². The van der Waals surface area contributed by atoms with Crippen molar-refractivity contribution in [2.75, 3.05) is 18.6 Å². The SMILES string of the molecule is CSCCC(NC(=O)C(Cc1ccc(O)cc1)NC(=O)C(CO)NC(=O)C(N)CC(C)C)C(=O)O. The molecule has 0 aliphatic carbocycles. The zero-order chi connectivity index (χ0) is 26.5. The van der Waals surface area contributed by atoms with Gasteiger partial charge in [0.25, 0.3) is 0 Å². The Kier molecular flexibility index (Phi) is 13.1. The second-order valence-corrected chi connectivity index (χ2v) is 9.58. The van der Waals surface area contributed by atoms with Gasteiger partial charge >= 0.3 is 5.97 Å². The second kappa shape index (κ2) is 15.2. The van der Waals surface area contributed by atoms with Crippen LogP contribution in [0, 0.1) is 5.92 Å². The quantitative estimate of drug-likeness (QED) is 0.164. The lowest BCUT2D eigenvalue weighted by Crippen LogP contribution is -2.58. The van der Waals surface area contributed by atoms with E-state index in [0.717, 1.165) is 0 Å². The summed E-state index contributed by atoms with van der Waals surface area (Å²) in [5.74, 6) is -2.72. The number of nitrogens with two attached hydrogens (primary N) is 1. The maximum atomic E-state index is 13.0. The third-order valence-electron chi connectivity index (χ3n) is 5.11. The smallest absolute Gasteiger partial charge is 0.326 e. The highest BCUT2D eigenvalue weighted by atomic mass is 32.2. The Morgan fingerprint density at radius 2 is 1.49 bits per heavy atom. The van der Waals surface area contributed by atoms with Gasteiger partial charge in [-0.3, -0.25) is 14.4 Å². The fourth-order valence-corrected chi connectivity index (χ4v) is 3.67. The molecule has 1 aromatic rings. The molecule has 0 bridgehead atoms. The van der Waals surface area contributed by atoms with Gasteiger partial charge < -0.3 is 37.0 Å². The summed E-state index contributed by atoms with van der Waals surface area (Å²) < 4.78 is 0. The summed E-state index contributed by atoms with van der Waals surface area (Å²) in [7, 11) is 0. The minimum absolute atomic E-state index is 0.0163. The fraction of sp³-hybridized carbons (Fsp3) is 0.565. The molecule has 0 aliphatic rings. The van der Waals surface area contributed by atoms with E-state index in [0.29, 0.717) is 17.7 Å². The first kappa shape index (κ1) is 30.2. The van der Waals surface area contributed by atoms with Crippen LogP contribution in [0.3, 0.4) is 0 Å². The second-order valence-electron chi connectivity index (χ2n) is 8.59. The van der Waals surface area contributed by atoms with Crippen LogP contribution in [0.2, 0.25) is 0 Å². The van der Waals surface area contributed by atoms with Crippen molar-refractivity contribution in [3.05, 3.63) is 29.8 Å². The number of thioether (sulfide) groups is 1. The van der Waals surface area contributed by atoms with Gasteiger partial charge in [0.15, 0.2) is 0 Å². The molecule has 0 radical (unpaired) electrons. The molecule has 12 heteroatoms. The number of aliphatic hydroxyl groups excluding tert-OH is 1. The zero-order valence-electron chi connectivity index (χ0n) is 20.2. The molecule has 1 rings (SSSR count). The first-order valence-electron chi connectivity index (χ1n) is 11.3. The number of aliphatic hydroxyl groups is 1. The van der Waals surface area contributed by atoms with Crippen molar-refractivity contribution in [1.82, 2.24) is 16.0 Å². The van der Waals surface area contributed by atoms with Gasteiger partial charge in [-0.25, -0.2) is 4.79 Å². The molecule has 0 spiro atoms. The number of hydrogen-bond acceptors (Lipinski definition) is 8. The Hall–Kier alpha value is -2.83. The predicted octanol–water partition coefficient (Wildman–Crippen LogP) is -0.407. The van der Waals surface area contributed by atoms with Gasteiger partial charge in [-0.05, 0) is 48.5 Å². The van der Waals surface area contributed by atoms with E-state index < -0.39 is 54.5 Å². The molecule has 1 aromatic carbocycles. The number of carboxylic acid groups (broad SMARTS) is 1. The fourth-order valence-electron chi connectivity index (χ4n) is 3.20. The molecule has 3 amide bonds. The van der Waals surface area contributed by atoms with Crippen molar-refractivity contribution in [2.24, 2.45) is 11.7 Å². The number of carboxylic acids is 1. The molecule has 0 fully saturated rings. The zero-order valence-corrected chi connectivity index (χ0v) is 21.0. The standard InChI is InChI=1S/C23H36N4O7S/c1-13(2)10-16(24)20(30)27-19(12-28)22(32)26-18(11-14-4-6-15(29)7-5-14)21(31)25-17(23(33)34)8-9-35-3/h4-7,13,16-19,28-29H,8-12,24H2,1-3H3,(H,25,31)(H,26,32)(H,27,30)(H,33,34). The number of aromatic hydroxyl groups is 1. The van der Waals surface area contributed by atoms with Crippen LogP contribution in [0.4, 0.5) is 0 Å². The van der Waals surface area contributed by atoms with Gasteiger partial charge in [0.2, 0.25) is 17.7 Å². The number of hydrogen-bond donors (Lipinski definition) is 7. The Morgan fingerprint density at radius 1 is 0.943 bits per heavy atom. The summed E-state index contributed by atoms with van der Waals surface area (Å²) in [6, 6.07) is 1.34. The Morgan fingerprint density at radius 3 is 2.00 bits per heavy atom. The minimum Gasteiger partial charge on any atom is -0.508 e. The molecule has 0 saturated heterocycles. The summed E-state index contributed by atoms with van der Waals surface area (Å²) in [5.41, 5.74) is 6.43. The molecular weight excluding hydrogens is 476 g/mol. The monoisotopic (exact) mass is 512 g/mol. The molecule has 0 aliphatic heterocycles. The number of benzene rings is 1. The largest absolute Gasteiger partial charge is 0.508 e. The van der Waals surface area contributed by atoms with E-state index in [2.05, 4.69) is 16.0 Å². The molecule has 4 atom stereocenters. The van der Waals surface area contributed by atoms with Crippen LogP contribution in [0.1, 0.15) is 32.3 Å². The summed E-state index contributed by atoms with van der Waals surface area (Å²) in [6.07, 6.45) is 2.35.